The Morgan fingerprint density at radius 1 is 1.06 bits per heavy atom. The van der Waals surface area contributed by atoms with E-state index in [1.165, 1.54) is 24.1 Å². The van der Waals surface area contributed by atoms with Crippen molar-refractivity contribution in [2.24, 2.45) is 5.10 Å². The summed E-state index contributed by atoms with van der Waals surface area (Å²) in [6.45, 7) is 3.06. The SMILES string of the molecule is CC(=O)N1N=C(c2cccc(NC(=O)c3cccc(Cl)c3)c2)O[C@]1(C)c1ccc(F)cc1. The van der Waals surface area contributed by atoms with E-state index in [0.717, 1.165) is 0 Å². The van der Waals surface area contributed by atoms with Crippen LogP contribution in [0.25, 0.3) is 0 Å². The molecule has 0 saturated heterocycles. The van der Waals surface area contributed by atoms with Gasteiger partial charge in [-0.2, -0.15) is 5.01 Å². The topological polar surface area (TPSA) is 71.0 Å². The van der Waals surface area contributed by atoms with Crippen molar-refractivity contribution in [2.45, 2.75) is 19.6 Å². The summed E-state index contributed by atoms with van der Waals surface area (Å²) in [6.07, 6.45) is 0. The van der Waals surface area contributed by atoms with Gasteiger partial charge < -0.3 is 10.1 Å². The summed E-state index contributed by atoms with van der Waals surface area (Å²) in [5, 5.41) is 8.84. The van der Waals surface area contributed by atoms with Gasteiger partial charge in [0, 0.05) is 41.2 Å². The molecular formula is C24H19ClFN3O3. The van der Waals surface area contributed by atoms with Gasteiger partial charge in [0.15, 0.2) is 0 Å². The lowest BCUT2D eigenvalue weighted by molar-refractivity contribution is -0.146. The van der Waals surface area contributed by atoms with E-state index in [0.29, 0.717) is 27.4 Å². The summed E-state index contributed by atoms with van der Waals surface area (Å²) in [5.41, 5.74) is 0.825. The van der Waals surface area contributed by atoms with Crippen molar-refractivity contribution in [3.05, 3.63) is 100 Å². The molecule has 8 heteroatoms. The fourth-order valence-corrected chi connectivity index (χ4v) is 3.62. The van der Waals surface area contributed by atoms with E-state index in [4.69, 9.17) is 16.3 Å². The minimum atomic E-state index is -1.24. The third-order valence-electron chi connectivity index (χ3n) is 5.02. The second-order valence-electron chi connectivity index (χ2n) is 7.37. The zero-order valence-electron chi connectivity index (χ0n) is 17.3. The van der Waals surface area contributed by atoms with Crippen molar-refractivity contribution >= 4 is 35.0 Å². The molecule has 6 nitrogen and oxygen atoms in total. The van der Waals surface area contributed by atoms with Gasteiger partial charge in [-0.3, -0.25) is 9.59 Å². The highest BCUT2D eigenvalue weighted by Gasteiger charge is 2.45. The van der Waals surface area contributed by atoms with Crippen LogP contribution in [0.3, 0.4) is 0 Å². The summed E-state index contributed by atoms with van der Waals surface area (Å²) < 4.78 is 19.5. The van der Waals surface area contributed by atoms with Crippen LogP contribution < -0.4 is 5.32 Å². The van der Waals surface area contributed by atoms with E-state index in [1.54, 1.807) is 67.6 Å². The molecule has 4 rings (SSSR count). The first-order chi connectivity index (χ1) is 15.3. The molecule has 1 atom stereocenters. The highest BCUT2D eigenvalue weighted by atomic mass is 35.5. The van der Waals surface area contributed by atoms with Crippen LogP contribution in [0, 0.1) is 5.82 Å². The Kier molecular flexibility index (Phi) is 5.67. The fourth-order valence-electron chi connectivity index (χ4n) is 3.43. The molecule has 0 radical (unpaired) electrons. The highest BCUT2D eigenvalue weighted by molar-refractivity contribution is 6.31. The van der Waals surface area contributed by atoms with Crippen molar-refractivity contribution in [3.8, 4) is 0 Å². The standard InChI is InChI=1S/C24H19ClFN3O3/c1-15(30)29-24(2,18-9-11-20(26)12-10-18)32-23(28-29)17-6-4-8-21(14-17)27-22(31)16-5-3-7-19(25)13-16/h3-14H,1-2H3,(H,27,31)/t24-/m1/s1. The van der Waals surface area contributed by atoms with Crippen molar-refractivity contribution in [2.75, 3.05) is 5.32 Å². The van der Waals surface area contributed by atoms with Crippen LogP contribution in [-0.2, 0) is 15.3 Å². The number of anilines is 1. The molecule has 3 aromatic rings. The van der Waals surface area contributed by atoms with Crippen LogP contribution in [-0.4, -0.2) is 22.7 Å². The van der Waals surface area contributed by atoms with Crippen molar-refractivity contribution in [1.82, 2.24) is 5.01 Å². The van der Waals surface area contributed by atoms with Gasteiger partial charge in [0.25, 0.3) is 5.91 Å². The normalized spacial score (nSPS) is 17.5. The number of halogens is 2. The zero-order valence-corrected chi connectivity index (χ0v) is 18.1. The first-order valence-corrected chi connectivity index (χ1v) is 10.2. The predicted molar refractivity (Wildman–Crippen MR) is 120 cm³/mol. The average molecular weight is 452 g/mol. The summed E-state index contributed by atoms with van der Waals surface area (Å²) >= 11 is 5.96. The third-order valence-corrected chi connectivity index (χ3v) is 5.26. The maximum Gasteiger partial charge on any atom is 0.255 e. The average Bonchev–Trinajstić information content (AvgIpc) is 3.13. The Labute approximate surface area is 189 Å². The molecule has 32 heavy (non-hydrogen) atoms. The van der Waals surface area contributed by atoms with Crippen LogP contribution in [0.1, 0.15) is 35.3 Å². The Balaban J connectivity index is 1.61. The van der Waals surface area contributed by atoms with Crippen LogP contribution >= 0.6 is 11.6 Å². The van der Waals surface area contributed by atoms with Gasteiger partial charge in [0.2, 0.25) is 17.5 Å². The fraction of sp³-hybridized carbons (Fsp3) is 0.125. The summed E-state index contributed by atoms with van der Waals surface area (Å²) in [5.74, 6) is -0.849. The van der Waals surface area contributed by atoms with Crippen molar-refractivity contribution in [3.63, 3.8) is 0 Å². The van der Waals surface area contributed by atoms with Crippen molar-refractivity contribution in [1.29, 1.82) is 0 Å². The smallest absolute Gasteiger partial charge is 0.255 e. The first kappa shape index (κ1) is 21.5. The Morgan fingerprint density at radius 3 is 2.47 bits per heavy atom. The van der Waals surface area contributed by atoms with Gasteiger partial charge in [-0.15, -0.1) is 5.10 Å². The van der Waals surface area contributed by atoms with E-state index in [2.05, 4.69) is 10.4 Å². The maximum absolute atomic E-state index is 13.4. The summed E-state index contributed by atoms with van der Waals surface area (Å²) in [4.78, 5) is 24.8. The molecule has 1 N–H and O–H groups in total. The van der Waals surface area contributed by atoms with Gasteiger partial charge in [-0.25, -0.2) is 4.39 Å². The van der Waals surface area contributed by atoms with Gasteiger partial charge in [-0.1, -0.05) is 35.9 Å². The second-order valence-corrected chi connectivity index (χ2v) is 7.81. The summed E-state index contributed by atoms with van der Waals surface area (Å²) in [7, 11) is 0. The number of hydrogen-bond acceptors (Lipinski definition) is 4. The number of hydrazone groups is 1. The van der Waals surface area contributed by atoms with Gasteiger partial charge in [0.05, 0.1) is 0 Å². The lowest BCUT2D eigenvalue weighted by atomic mass is 10.0. The Bertz CT molecular complexity index is 1230. The Hall–Kier alpha value is -3.71. The van der Waals surface area contributed by atoms with Crippen LogP contribution in [0.4, 0.5) is 10.1 Å². The number of amides is 2. The molecule has 0 unspecified atom stereocenters. The minimum absolute atomic E-state index is 0.200. The number of benzene rings is 3. The number of rotatable bonds is 4. The molecule has 0 aromatic heterocycles. The van der Waals surface area contributed by atoms with Crippen LogP contribution in [0.2, 0.25) is 5.02 Å². The van der Waals surface area contributed by atoms with Gasteiger partial charge in [-0.05, 0) is 48.5 Å². The Morgan fingerprint density at radius 2 is 1.78 bits per heavy atom. The summed E-state index contributed by atoms with van der Waals surface area (Å²) in [6, 6.07) is 19.2. The highest BCUT2D eigenvalue weighted by Crippen LogP contribution is 2.36. The molecular weight excluding hydrogens is 433 g/mol. The van der Waals surface area contributed by atoms with Gasteiger partial charge >= 0.3 is 0 Å². The molecule has 0 spiro atoms. The number of carbonyl (C=O) groups excluding carboxylic acids is 2. The minimum Gasteiger partial charge on any atom is -0.443 e. The third kappa shape index (κ3) is 4.20. The second kappa shape index (κ2) is 8.43. The largest absolute Gasteiger partial charge is 0.443 e. The van der Waals surface area contributed by atoms with E-state index < -0.39 is 11.5 Å². The monoisotopic (exact) mass is 451 g/mol. The van der Waals surface area contributed by atoms with E-state index in [1.807, 2.05) is 0 Å². The number of nitrogens with zero attached hydrogens (tertiary/aromatic N) is 2. The molecule has 162 valence electrons. The molecule has 0 bridgehead atoms. The molecule has 3 aromatic carbocycles. The molecule has 1 heterocycles. The van der Waals surface area contributed by atoms with E-state index >= 15 is 0 Å². The zero-order chi connectivity index (χ0) is 22.9. The van der Waals surface area contributed by atoms with Gasteiger partial charge in [0.1, 0.15) is 5.82 Å². The molecule has 2 amide bonds. The lowest BCUT2D eigenvalue weighted by Gasteiger charge is -2.31. The quantitative estimate of drug-likeness (QED) is 0.596. The lowest BCUT2D eigenvalue weighted by Crippen LogP contribution is -2.41. The predicted octanol–water partition coefficient (Wildman–Crippen LogP) is 5.14. The van der Waals surface area contributed by atoms with Crippen LogP contribution in [0.5, 0.6) is 0 Å². The van der Waals surface area contributed by atoms with E-state index in [9.17, 15) is 14.0 Å². The number of hydrogen-bond donors (Lipinski definition) is 1. The first-order valence-electron chi connectivity index (χ1n) is 9.78. The number of nitrogens with one attached hydrogen (secondary N) is 1. The van der Waals surface area contributed by atoms with Crippen LogP contribution in [0.15, 0.2) is 77.9 Å². The molecule has 0 aliphatic carbocycles. The molecule has 1 aliphatic rings. The number of carbonyl (C=O) groups is 2. The number of ether oxygens (including phenoxy) is 1. The van der Waals surface area contributed by atoms with Crippen molar-refractivity contribution < 1.29 is 18.7 Å². The molecule has 0 saturated carbocycles. The van der Waals surface area contributed by atoms with E-state index in [-0.39, 0.29) is 17.7 Å². The maximum atomic E-state index is 13.4. The molecule has 1 aliphatic heterocycles. The molecule has 0 fully saturated rings.